The highest BCUT2D eigenvalue weighted by Gasteiger charge is 2.51. The molecule has 0 spiro atoms. The number of halogens is 3. The molecular formula is C17H19F3N2O3S2. The van der Waals surface area contributed by atoms with E-state index in [1.807, 2.05) is 4.90 Å². The molecular weight excluding hydrogens is 401 g/mol. The quantitative estimate of drug-likeness (QED) is 0.826. The molecule has 0 radical (unpaired) electrons. The number of alkyl halides is 3. The lowest BCUT2D eigenvalue weighted by atomic mass is 9.95. The van der Waals surface area contributed by atoms with Crippen LogP contribution in [0.5, 0.6) is 0 Å². The number of thiophene rings is 1. The molecule has 1 atom stereocenters. The van der Waals surface area contributed by atoms with Crippen molar-refractivity contribution in [2.24, 2.45) is 0 Å². The van der Waals surface area contributed by atoms with Gasteiger partial charge in [0.1, 0.15) is 4.21 Å². The van der Waals surface area contributed by atoms with Crippen LogP contribution in [0.15, 0.2) is 46.0 Å². The number of nitrogens with zero attached hydrogens (tertiary/aromatic N) is 2. The van der Waals surface area contributed by atoms with Gasteiger partial charge in [0, 0.05) is 31.9 Å². The molecule has 10 heteroatoms. The zero-order valence-corrected chi connectivity index (χ0v) is 16.1. The maximum absolute atomic E-state index is 12.9. The van der Waals surface area contributed by atoms with Gasteiger partial charge in [-0.3, -0.25) is 0 Å². The molecule has 3 rings (SSSR count). The summed E-state index contributed by atoms with van der Waals surface area (Å²) in [5.41, 5.74) is -2.47. The van der Waals surface area contributed by atoms with Crippen LogP contribution in [0.4, 0.5) is 18.9 Å². The van der Waals surface area contributed by atoms with E-state index in [4.69, 9.17) is 0 Å². The SMILES string of the molecule is CC(O)(c1ccc(N2CCN(S(=O)(=O)c3cccs3)CC2)cc1)C(F)(F)F. The molecule has 1 fully saturated rings. The molecule has 1 saturated heterocycles. The Hall–Kier alpha value is -1.62. The lowest BCUT2D eigenvalue weighted by Crippen LogP contribution is -2.48. The summed E-state index contributed by atoms with van der Waals surface area (Å²) in [4.78, 5) is 1.91. The molecule has 2 aromatic rings. The molecule has 0 saturated carbocycles. The molecule has 2 heterocycles. The van der Waals surface area contributed by atoms with Crippen LogP contribution >= 0.6 is 11.3 Å². The Kier molecular flexibility index (Phi) is 5.28. The summed E-state index contributed by atoms with van der Waals surface area (Å²) in [5.74, 6) is 0. The number of anilines is 1. The zero-order chi connectivity index (χ0) is 19.9. The van der Waals surface area contributed by atoms with Crippen molar-refractivity contribution in [2.45, 2.75) is 22.9 Å². The molecule has 1 aromatic heterocycles. The standard InChI is InChI=1S/C17H19F3N2O3S2/c1-16(23,17(18,19)20)13-4-6-14(7-5-13)21-8-10-22(11-9-21)27(24,25)15-3-2-12-26-15/h2-7,12,23H,8-11H2,1H3. The minimum absolute atomic E-state index is 0.238. The Balaban J connectivity index is 1.68. The van der Waals surface area contributed by atoms with E-state index in [0.29, 0.717) is 36.1 Å². The minimum atomic E-state index is -4.77. The summed E-state index contributed by atoms with van der Waals surface area (Å²) in [5, 5.41) is 11.4. The van der Waals surface area contributed by atoms with Crippen LogP contribution in [-0.2, 0) is 15.6 Å². The van der Waals surface area contributed by atoms with Gasteiger partial charge in [-0.2, -0.15) is 17.5 Å². The maximum Gasteiger partial charge on any atom is 0.421 e. The van der Waals surface area contributed by atoms with Gasteiger partial charge in [-0.25, -0.2) is 8.42 Å². The summed E-state index contributed by atoms with van der Waals surface area (Å²) < 4.78 is 65.5. The monoisotopic (exact) mass is 420 g/mol. The molecule has 1 aliphatic rings. The summed E-state index contributed by atoms with van der Waals surface area (Å²) in [6, 6.07) is 8.77. The molecule has 0 amide bonds. The number of hydrogen-bond acceptors (Lipinski definition) is 5. The van der Waals surface area contributed by atoms with Crippen molar-refractivity contribution in [3.8, 4) is 0 Å². The van der Waals surface area contributed by atoms with Gasteiger partial charge >= 0.3 is 6.18 Å². The number of hydrogen-bond donors (Lipinski definition) is 1. The topological polar surface area (TPSA) is 60.9 Å². The first-order valence-electron chi connectivity index (χ1n) is 8.22. The van der Waals surface area contributed by atoms with Gasteiger partial charge < -0.3 is 10.0 Å². The van der Waals surface area contributed by atoms with Gasteiger partial charge in [-0.15, -0.1) is 11.3 Å². The zero-order valence-electron chi connectivity index (χ0n) is 14.5. The van der Waals surface area contributed by atoms with E-state index in [1.165, 1.54) is 39.9 Å². The highest BCUT2D eigenvalue weighted by Crippen LogP contribution is 2.39. The normalized spacial score (nSPS) is 19.1. The smallest absolute Gasteiger partial charge is 0.376 e. The Morgan fingerprint density at radius 1 is 1.04 bits per heavy atom. The highest BCUT2D eigenvalue weighted by atomic mass is 32.2. The maximum atomic E-state index is 12.9. The average molecular weight is 420 g/mol. The Morgan fingerprint density at radius 2 is 1.63 bits per heavy atom. The molecule has 27 heavy (non-hydrogen) atoms. The number of rotatable bonds is 4. The van der Waals surface area contributed by atoms with E-state index in [-0.39, 0.29) is 5.56 Å². The van der Waals surface area contributed by atoms with Crippen molar-refractivity contribution in [2.75, 3.05) is 31.1 Å². The third-order valence-corrected chi connectivity index (χ3v) is 7.95. The molecule has 1 unspecified atom stereocenters. The molecule has 0 aliphatic carbocycles. The predicted molar refractivity (Wildman–Crippen MR) is 97.4 cm³/mol. The van der Waals surface area contributed by atoms with Crippen LogP contribution in [0, 0.1) is 0 Å². The van der Waals surface area contributed by atoms with E-state index in [2.05, 4.69) is 0 Å². The van der Waals surface area contributed by atoms with Gasteiger partial charge in [0.05, 0.1) is 0 Å². The van der Waals surface area contributed by atoms with Gasteiger partial charge in [-0.05, 0) is 36.1 Å². The number of aliphatic hydroxyl groups is 1. The van der Waals surface area contributed by atoms with Crippen molar-refractivity contribution in [1.29, 1.82) is 0 Å². The fourth-order valence-corrected chi connectivity index (χ4v) is 5.45. The summed E-state index contributed by atoms with van der Waals surface area (Å²) in [6.07, 6.45) is -4.77. The molecule has 1 aliphatic heterocycles. The Labute approximate surface area is 159 Å². The largest absolute Gasteiger partial charge is 0.421 e. The third kappa shape index (κ3) is 3.84. The number of piperazine rings is 1. The van der Waals surface area contributed by atoms with Crippen LogP contribution in [-0.4, -0.2) is 50.2 Å². The van der Waals surface area contributed by atoms with Crippen LogP contribution in [0.2, 0.25) is 0 Å². The fourth-order valence-electron chi connectivity index (χ4n) is 2.88. The molecule has 148 valence electrons. The van der Waals surface area contributed by atoms with Gasteiger partial charge in [0.25, 0.3) is 10.0 Å². The third-order valence-electron chi connectivity index (χ3n) is 4.67. The molecule has 1 aromatic carbocycles. The summed E-state index contributed by atoms with van der Waals surface area (Å²) >= 11 is 1.17. The average Bonchev–Trinajstić information content (AvgIpc) is 3.16. The first-order chi connectivity index (χ1) is 12.5. The van der Waals surface area contributed by atoms with E-state index < -0.39 is 21.8 Å². The van der Waals surface area contributed by atoms with Gasteiger partial charge in [0.2, 0.25) is 0 Å². The fraction of sp³-hybridized carbons (Fsp3) is 0.412. The van der Waals surface area contributed by atoms with E-state index in [1.54, 1.807) is 17.5 Å². The Bertz CT molecular complexity index is 871. The molecule has 1 N–H and O–H groups in total. The second-order valence-corrected chi connectivity index (χ2v) is 9.55. The van der Waals surface area contributed by atoms with E-state index in [0.717, 1.165) is 6.92 Å². The number of benzene rings is 1. The number of sulfonamides is 1. The first kappa shape index (κ1) is 20.1. The van der Waals surface area contributed by atoms with Crippen molar-refractivity contribution in [3.05, 3.63) is 47.3 Å². The second kappa shape index (κ2) is 7.08. The minimum Gasteiger partial charge on any atom is -0.376 e. The lowest BCUT2D eigenvalue weighted by molar-refractivity contribution is -0.258. The van der Waals surface area contributed by atoms with Crippen molar-refractivity contribution in [3.63, 3.8) is 0 Å². The lowest BCUT2D eigenvalue weighted by Gasteiger charge is -2.35. The first-order valence-corrected chi connectivity index (χ1v) is 10.5. The molecule has 5 nitrogen and oxygen atoms in total. The second-order valence-electron chi connectivity index (χ2n) is 6.44. The predicted octanol–water partition coefficient (Wildman–Crippen LogP) is 3.03. The van der Waals surface area contributed by atoms with Gasteiger partial charge in [-0.1, -0.05) is 18.2 Å². The van der Waals surface area contributed by atoms with Gasteiger partial charge in [0.15, 0.2) is 5.60 Å². The highest BCUT2D eigenvalue weighted by molar-refractivity contribution is 7.91. The van der Waals surface area contributed by atoms with Crippen LogP contribution in [0.3, 0.4) is 0 Å². The summed E-state index contributed by atoms with van der Waals surface area (Å²) in [6.45, 7) is 2.17. The van der Waals surface area contributed by atoms with E-state index >= 15 is 0 Å². The van der Waals surface area contributed by atoms with Crippen LogP contribution in [0.25, 0.3) is 0 Å². The van der Waals surface area contributed by atoms with Crippen molar-refractivity contribution >= 4 is 27.0 Å². The Morgan fingerprint density at radius 3 is 2.11 bits per heavy atom. The summed E-state index contributed by atoms with van der Waals surface area (Å²) in [7, 11) is -3.50. The van der Waals surface area contributed by atoms with Crippen LogP contribution in [0.1, 0.15) is 12.5 Å². The molecule has 0 bridgehead atoms. The van der Waals surface area contributed by atoms with Crippen molar-refractivity contribution in [1.82, 2.24) is 4.31 Å². The van der Waals surface area contributed by atoms with Crippen LogP contribution < -0.4 is 4.90 Å². The van der Waals surface area contributed by atoms with Crippen molar-refractivity contribution < 1.29 is 26.7 Å². The van der Waals surface area contributed by atoms with E-state index in [9.17, 15) is 26.7 Å².